The van der Waals surface area contributed by atoms with Crippen LogP contribution in [-0.2, 0) is 9.53 Å². The maximum Gasteiger partial charge on any atom is 0.328 e. The van der Waals surface area contributed by atoms with Gasteiger partial charge in [0, 0.05) is 6.54 Å². The van der Waals surface area contributed by atoms with Crippen molar-refractivity contribution in [3.8, 4) is 6.07 Å². The van der Waals surface area contributed by atoms with Crippen molar-refractivity contribution in [2.24, 2.45) is 0 Å². The fourth-order valence-electron chi connectivity index (χ4n) is 2.46. The van der Waals surface area contributed by atoms with E-state index in [2.05, 4.69) is 0 Å². The Hall–Kier alpha value is -2.09. The summed E-state index contributed by atoms with van der Waals surface area (Å²) in [5.74, 6) is -0.901. The number of methoxy groups -OCH3 is 1. The molecule has 5 heteroatoms. The second kappa shape index (κ2) is 5.70. The maximum absolute atomic E-state index is 13.7. The van der Waals surface area contributed by atoms with Crippen molar-refractivity contribution in [1.29, 1.82) is 5.26 Å². The van der Waals surface area contributed by atoms with Crippen molar-refractivity contribution in [2.75, 3.05) is 18.6 Å². The second-order valence-electron chi connectivity index (χ2n) is 4.47. The van der Waals surface area contributed by atoms with Gasteiger partial charge in [0.05, 0.1) is 12.8 Å². The Bertz CT molecular complexity index is 525. The molecule has 19 heavy (non-hydrogen) atoms. The molecule has 1 aliphatic rings. The first-order valence-electron chi connectivity index (χ1n) is 6.22. The molecule has 1 aromatic carbocycles. The van der Waals surface area contributed by atoms with E-state index >= 15 is 0 Å². The van der Waals surface area contributed by atoms with E-state index in [1.54, 1.807) is 17.0 Å². The van der Waals surface area contributed by atoms with Gasteiger partial charge in [-0.15, -0.1) is 0 Å². The average molecular weight is 262 g/mol. The molecule has 4 nitrogen and oxygen atoms in total. The predicted molar refractivity (Wildman–Crippen MR) is 68.1 cm³/mol. The molecule has 0 aromatic heterocycles. The van der Waals surface area contributed by atoms with Crippen LogP contribution in [-0.4, -0.2) is 25.7 Å². The highest BCUT2D eigenvalue weighted by Gasteiger charge is 2.31. The molecule has 0 bridgehead atoms. The van der Waals surface area contributed by atoms with Gasteiger partial charge in [0.15, 0.2) is 0 Å². The maximum atomic E-state index is 13.7. The topological polar surface area (TPSA) is 53.3 Å². The van der Waals surface area contributed by atoms with Gasteiger partial charge in [-0.2, -0.15) is 5.26 Å². The van der Waals surface area contributed by atoms with E-state index in [1.807, 2.05) is 6.07 Å². The molecule has 1 unspecified atom stereocenters. The molecule has 1 saturated heterocycles. The second-order valence-corrected chi connectivity index (χ2v) is 4.47. The lowest BCUT2D eigenvalue weighted by atomic mass is 10.00. The number of nitriles is 1. The number of carbonyl (C=O) groups is 1. The SMILES string of the molecule is COC(=O)C1CCCCN1c1cccc(F)c1C#N. The van der Waals surface area contributed by atoms with Crippen molar-refractivity contribution in [3.05, 3.63) is 29.6 Å². The third-order valence-electron chi connectivity index (χ3n) is 3.39. The summed E-state index contributed by atoms with van der Waals surface area (Å²) in [4.78, 5) is 13.6. The lowest BCUT2D eigenvalue weighted by Crippen LogP contribution is -2.45. The predicted octanol–water partition coefficient (Wildman–Crippen LogP) is 2.23. The number of hydrogen-bond donors (Lipinski definition) is 0. The molecule has 0 amide bonds. The van der Waals surface area contributed by atoms with Gasteiger partial charge in [0.1, 0.15) is 23.5 Å². The minimum absolute atomic E-state index is 0.0155. The number of carbonyl (C=O) groups excluding carboxylic acids is 1. The summed E-state index contributed by atoms with van der Waals surface area (Å²) in [7, 11) is 1.34. The van der Waals surface area contributed by atoms with Gasteiger partial charge < -0.3 is 9.64 Å². The Balaban J connectivity index is 2.41. The highest BCUT2D eigenvalue weighted by molar-refractivity contribution is 5.81. The van der Waals surface area contributed by atoms with Gasteiger partial charge in [0.2, 0.25) is 0 Å². The molecule has 1 aromatic rings. The van der Waals surface area contributed by atoms with Crippen molar-refractivity contribution in [1.82, 2.24) is 0 Å². The van der Waals surface area contributed by atoms with E-state index in [4.69, 9.17) is 10.00 Å². The summed E-state index contributed by atoms with van der Waals surface area (Å²) in [5, 5.41) is 9.08. The third kappa shape index (κ3) is 2.53. The number of esters is 1. The Kier molecular flexibility index (Phi) is 4.00. The minimum atomic E-state index is -0.561. The van der Waals surface area contributed by atoms with Crippen LogP contribution >= 0.6 is 0 Å². The van der Waals surface area contributed by atoms with Gasteiger partial charge >= 0.3 is 5.97 Å². The van der Waals surface area contributed by atoms with Crippen LogP contribution < -0.4 is 4.90 Å². The molecule has 1 atom stereocenters. The molecule has 0 radical (unpaired) electrons. The van der Waals surface area contributed by atoms with Crippen LogP contribution in [0.25, 0.3) is 0 Å². The van der Waals surface area contributed by atoms with E-state index in [9.17, 15) is 9.18 Å². The number of piperidine rings is 1. The smallest absolute Gasteiger partial charge is 0.328 e. The first-order chi connectivity index (χ1) is 9.19. The monoisotopic (exact) mass is 262 g/mol. The molecule has 100 valence electrons. The number of anilines is 1. The van der Waals surface area contributed by atoms with Crippen LogP contribution in [0.15, 0.2) is 18.2 Å². The van der Waals surface area contributed by atoms with E-state index in [1.165, 1.54) is 13.2 Å². The average Bonchev–Trinajstić information content (AvgIpc) is 2.46. The highest BCUT2D eigenvalue weighted by Crippen LogP contribution is 2.29. The molecule has 1 heterocycles. The molecule has 1 fully saturated rings. The Labute approximate surface area is 111 Å². The van der Waals surface area contributed by atoms with Crippen LogP contribution in [0.3, 0.4) is 0 Å². The molecular formula is C14H15FN2O2. The summed E-state index contributed by atoms with van der Waals surface area (Å²) in [6, 6.07) is 5.90. The fourth-order valence-corrected chi connectivity index (χ4v) is 2.46. The van der Waals surface area contributed by atoms with Crippen LogP contribution in [0.4, 0.5) is 10.1 Å². The zero-order valence-corrected chi connectivity index (χ0v) is 10.7. The number of ether oxygens (including phenoxy) is 1. The number of rotatable bonds is 2. The standard InChI is InChI=1S/C14H15FN2O2/c1-19-14(18)13-6-2-3-8-17(13)12-7-4-5-11(15)10(12)9-16/h4-5,7,13H,2-3,6,8H2,1H3. The van der Waals surface area contributed by atoms with E-state index < -0.39 is 11.9 Å². The highest BCUT2D eigenvalue weighted by atomic mass is 19.1. The van der Waals surface area contributed by atoms with Crippen molar-refractivity contribution in [2.45, 2.75) is 25.3 Å². The van der Waals surface area contributed by atoms with Gasteiger partial charge in [-0.1, -0.05) is 6.07 Å². The number of nitrogens with zero attached hydrogens (tertiary/aromatic N) is 2. The first kappa shape index (κ1) is 13.3. The molecule has 0 saturated carbocycles. The summed E-state index contributed by atoms with van der Waals surface area (Å²) < 4.78 is 18.4. The zero-order valence-electron chi connectivity index (χ0n) is 10.7. The lowest BCUT2D eigenvalue weighted by molar-refractivity contribution is -0.142. The van der Waals surface area contributed by atoms with Crippen LogP contribution in [0.5, 0.6) is 0 Å². The zero-order chi connectivity index (χ0) is 13.8. The third-order valence-corrected chi connectivity index (χ3v) is 3.39. The molecule has 0 spiro atoms. The molecular weight excluding hydrogens is 247 g/mol. The van der Waals surface area contributed by atoms with Gasteiger partial charge in [-0.05, 0) is 31.4 Å². The first-order valence-corrected chi connectivity index (χ1v) is 6.22. The van der Waals surface area contributed by atoms with E-state index in [-0.39, 0.29) is 11.5 Å². The summed E-state index contributed by atoms with van der Waals surface area (Å²) in [6.07, 6.45) is 2.50. The van der Waals surface area contributed by atoms with Gasteiger partial charge in [-0.25, -0.2) is 9.18 Å². The Morgan fingerprint density at radius 2 is 2.32 bits per heavy atom. The quantitative estimate of drug-likeness (QED) is 0.767. The summed E-state index contributed by atoms with van der Waals surface area (Å²) >= 11 is 0. The van der Waals surface area contributed by atoms with Crippen LogP contribution in [0.1, 0.15) is 24.8 Å². The molecule has 0 N–H and O–H groups in total. The number of benzene rings is 1. The van der Waals surface area contributed by atoms with Gasteiger partial charge in [-0.3, -0.25) is 0 Å². The van der Waals surface area contributed by atoms with Gasteiger partial charge in [0.25, 0.3) is 0 Å². The molecule has 2 rings (SSSR count). The molecule has 0 aliphatic carbocycles. The van der Waals surface area contributed by atoms with Crippen LogP contribution in [0.2, 0.25) is 0 Å². The summed E-state index contributed by atoms with van der Waals surface area (Å²) in [6.45, 7) is 0.623. The van der Waals surface area contributed by atoms with E-state index in [0.29, 0.717) is 18.7 Å². The largest absolute Gasteiger partial charge is 0.467 e. The van der Waals surface area contributed by atoms with Crippen molar-refractivity contribution in [3.63, 3.8) is 0 Å². The van der Waals surface area contributed by atoms with Crippen molar-refractivity contribution < 1.29 is 13.9 Å². The Morgan fingerprint density at radius 1 is 1.53 bits per heavy atom. The van der Waals surface area contributed by atoms with Crippen molar-refractivity contribution >= 4 is 11.7 Å². The lowest BCUT2D eigenvalue weighted by Gasteiger charge is -2.36. The van der Waals surface area contributed by atoms with E-state index in [0.717, 1.165) is 12.8 Å². The minimum Gasteiger partial charge on any atom is -0.467 e. The normalized spacial score (nSPS) is 18.8. The Morgan fingerprint density at radius 3 is 3.00 bits per heavy atom. The number of hydrogen-bond acceptors (Lipinski definition) is 4. The number of halogens is 1. The molecule has 1 aliphatic heterocycles. The summed E-state index contributed by atoms with van der Waals surface area (Å²) in [5.41, 5.74) is 0.455. The fraction of sp³-hybridized carbons (Fsp3) is 0.429. The van der Waals surface area contributed by atoms with Crippen LogP contribution in [0, 0.1) is 17.1 Å².